The Labute approximate surface area is 97.8 Å². The fourth-order valence-electron chi connectivity index (χ4n) is 1.25. The number of methoxy groups -OCH3 is 1. The van der Waals surface area contributed by atoms with Crippen molar-refractivity contribution >= 4 is 28.9 Å². The van der Waals surface area contributed by atoms with Crippen molar-refractivity contribution in [1.29, 1.82) is 0 Å². The molecule has 0 N–H and O–H groups in total. The van der Waals surface area contributed by atoms with Gasteiger partial charge in [-0.15, -0.1) is 0 Å². The zero-order valence-corrected chi connectivity index (χ0v) is 10.4. The lowest BCUT2D eigenvalue weighted by Crippen LogP contribution is -2.01. The molecule has 0 fully saturated rings. The molecule has 1 unspecified atom stereocenters. The number of hydrogen-bond donors (Lipinski definition) is 0. The molecule has 0 saturated carbocycles. The summed E-state index contributed by atoms with van der Waals surface area (Å²) in [6.45, 7) is 1.91. The molecule has 0 amide bonds. The molecule has 0 heterocycles. The minimum atomic E-state index is 0.0692. The molecule has 1 atom stereocenters. The van der Waals surface area contributed by atoms with Crippen molar-refractivity contribution in [3.05, 3.63) is 27.3 Å². The van der Waals surface area contributed by atoms with Crippen molar-refractivity contribution in [3.63, 3.8) is 0 Å². The number of hydrogen-bond acceptors (Lipinski definition) is 2. The molecule has 0 aliphatic rings. The Bertz CT molecular complexity index is 323. The van der Waals surface area contributed by atoms with Crippen LogP contribution in [0.15, 0.2) is 18.2 Å². The SMILES string of the molecule is COc1cc(CC(C)C=O)ccc1I. The van der Waals surface area contributed by atoms with Crippen LogP contribution in [0.5, 0.6) is 5.75 Å². The summed E-state index contributed by atoms with van der Waals surface area (Å²) < 4.78 is 6.30. The van der Waals surface area contributed by atoms with Gasteiger partial charge in [0.25, 0.3) is 0 Å². The molecule has 1 aromatic carbocycles. The van der Waals surface area contributed by atoms with Gasteiger partial charge in [0.05, 0.1) is 10.7 Å². The topological polar surface area (TPSA) is 26.3 Å². The van der Waals surface area contributed by atoms with E-state index in [1.165, 1.54) is 0 Å². The van der Waals surface area contributed by atoms with Gasteiger partial charge in [0.2, 0.25) is 0 Å². The third kappa shape index (κ3) is 2.97. The summed E-state index contributed by atoms with van der Waals surface area (Å²) in [4.78, 5) is 10.5. The van der Waals surface area contributed by atoms with Crippen LogP contribution in [-0.2, 0) is 11.2 Å². The van der Waals surface area contributed by atoms with Crippen molar-refractivity contribution < 1.29 is 9.53 Å². The lowest BCUT2D eigenvalue weighted by molar-refractivity contribution is -0.110. The highest BCUT2D eigenvalue weighted by Crippen LogP contribution is 2.22. The molecule has 2 nitrogen and oxygen atoms in total. The van der Waals surface area contributed by atoms with Crippen molar-refractivity contribution in [3.8, 4) is 5.75 Å². The van der Waals surface area contributed by atoms with Crippen molar-refractivity contribution in [2.75, 3.05) is 7.11 Å². The maximum Gasteiger partial charge on any atom is 0.132 e. The van der Waals surface area contributed by atoms with E-state index in [0.717, 1.165) is 27.6 Å². The molecule has 1 aromatic rings. The Morgan fingerprint density at radius 1 is 1.57 bits per heavy atom. The Morgan fingerprint density at radius 2 is 2.29 bits per heavy atom. The molecule has 14 heavy (non-hydrogen) atoms. The first kappa shape index (κ1) is 11.5. The zero-order chi connectivity index (χ0) is 10.6. The van der Waals surface area contributed by atoms with Crippen LogP contribution in [0.3, 0.4) is 0 Å². The number of halogens is 1. The van der Waals surface area contributed by atoms with Crippen LogP contribution in [0.1, 0.15) is 12.5 Å². The van der Waals surface area contributed by atoms with E-state index in [0.29, 0.717) is 0 Å². The van der Waals surface area contributed by atoms with Crippen molar-refractivity contribution in [2.24, 2.45) is 5.92 Å². The summed E-state index contributed by atoms with van der Waals surface area (Å²) in [6.07, 6.45) is 1.75. The van der Waals surface area contributed by atoms with Crippen molar-refractivity contribution in [2.45, 2.75) is 13.3 Å². The largest absolute Gasteiger partial charge is 0.496 e. The van der Waals surface area contributed by atoms with Gasteiger partial charge < -0.3 is 9.53 Å². The summed E-state index contributed by atoms with van der Waals surface area (Å²) >= 11 is 2.23. The summed E-state index contributed by atoms with van der Waals surface area (Å²) in [5.41, 5.74) is 1.14. The van der Waals surface area contributed by atoms with E-state index in [1.807, 2.05) is 25.1 Å². The van der Waals surface area contributed by atoms with Gasteiger partial charge in [0, 0.05) is 5.92 Å². The van der Waals surface area contributed by atoms with E-state index >= 15 is 0 Å². The second-order valence-corrected chi connectivity index (χ2v) is 4.45. The van der Waals surface area contributed by atoms with E-state index in [2.05, 4.69) is 22.6 Å². The number of carbonyl (C=O) groups is 1. The summed E-state index contributed by atoms with van der Waals surface area (Å²) in [5, 5.41) is 0. The Morgan fingerprint density at radius 3 is 2.86 bits per heavy atom. The average molecular weight is 304 g/mol. The molecule has 3 heteroatoms. The van der Waals surface area contributed by atoms with Gasteiger partial charge in [-0.05, 0) is 46.7 Å². The zero-order valence-electron chi connectivity index (χ0n) is 8.29. The van der Waals surface area contributed by atoms with Crippen LogP contribution < -0.4 is 4.74 Å². The molecule has 0 aliphatic carbocycles. The molecule has 0 aromatic heterocycles. The normalized spacial score (nSPS) is 12.2. The first-order chi connectivity index (χ1) is 6.67. The molecular weight excluding hydrogens is 291 g/mol. The third-order valence-electron chi connectivity index (χ3n) is 2.01. The Balaban J connectivity index is 2.84. The van der Waals surface area contributed by atoms with Crippen LogP contribution in [0, 0.1) is 9.49 Å². The molecule has 0 aliphatic heterocycles. The van der Waals surface area contributed by atoms with Gasteiger partial charge in [-0.3, -0.25) is 0 Å². The Kier molecular flexibility index (Phi) is 4.38. The van der Waals surface area contributed by atoms with Gasteiger partial charge >= 0.3 is 0 Å². The molecule has 0 bridgehead atoms. The van der Waals surface area contributed by atoms with E-state index in [-0.39, 0.29) is 5.92 Å². The predicted octanol–water partition coefficient (Wildman–Crippen LogP) is 2.68. The van der Waals surface area contributed by atoms with Gasteiger partial charge in [-0.1, -0.05) is 13.0 Å². The van der Waals surface area contributed by atoms with Crippen LogP contribution in [0.25, 0.3) is 0 Å². The fourth-order valence-corrected chi connectivity index (χ4v) is 1.81. The number of benzene rings is 1. The highest BCUT2D eigenvalue weighted by atomic mass is 127. The first-order valence-electron chi connectivity index (χ1n) is 4.45. The van der Waals surface area contributed by atoms with Crippen molar-refractivity contribution in [1.82, 2.24) is 0 Å². The van der Waals surface area contributed by atoms with Crippen LogP contribution >= 0.6 is 22.6 Å². The highest BCUT2D eigenvalue weighted by molar-refractivity contribution is 14.1. The molecule has 0 spiro atoms. The minimum Gasteiger partial charge on any atom is -0.496 e. The predicted molar refractivity (Wildman–Crippen MR) is 64.6 cm³/mol. The lowest BCUT2D eigenvalue weighted by atomic mass is 10.0. The molecular formula is C11H13IO2. The first-order valence-corrected chi connectivity index (χ1v) is 5.53. The number of aldehydes is 1. The summed E-state index contributed by atoms with van der Waals surface area (Å²) in [7, 11) is 1.66. The Hall–Kier alpha value is -0.580. The minimum absolute atomic E-state index is 0.0692. The smallest absolute Gasteiger partial charge is 0.132 e. The van der Waals surface area contributed by atoms with Gasteiger partial charge in [-0.25, -0.2) is 0 Å². The van der Waals surface area contributed by atoms with Crippen LogP contribution in [0.4, 0.5) is 0 Å². The molecule has 1 rings (SSSR count). The van der Waals surface area contributed by atoms with Crippen LogP contribution in [-0.4, -0.2) is 13.4 Å². The number of carbonyl (C=O) groups excluding carboxylic acids is 1. The number of ether oxygens (including phenoxy) is 1. The second-order valence-electron chi connectivity index (χ2n) is 3.29. The summed E-state index contributed by atoms with van der Waals surface area (Å²) in [6, 6.07) is 6.03. The van der Waals surface area contributed by atoms with Gasteiger partial charge in [0.15, 0.2) is 0 Å². The molecule has 0 saturated heterocycles. The second kappa shape index (κ2) is 5.34. The van der Waals surface area contributed by atoms with Crippen LogP contribution in [0.2, 0.25) is 0 Å². The lowest BCUT2D eigenvalue weighted by Gasteiger charge is -2.07. The van der Waals surface area contributed by atoms with E-state index in [9.17, 15) is 4.79 Å². The number of rotatable bonds is 4. The van der Waals surface area contributed by atoms with Gasteiger partial charge in [0.1, 0.15) is 12.0 Å². The average Bonchev–Trinajstić information content (AvgIpc) is 2.20. The van der Waals surface area contributed by atoms with E-state index < -0.39 is 0 Å². The maximum atomic E-state index is 10.5. The standard InChI is InChI=1S/C11H13IO2/c1-8(7-13)5-9-3-4-10(12)11(6-9)14-2/h3-4,6-8H,5H2,1-2H3. The quantitative estimate of drug-likeness (QED) is 0.631. The third-order valence-corrected chi connectivity index (χ3v) is 2.90. The molecule has 0 radical (unpaired) electrons. The maximum absolute atomic E-state index is 10.5. The monoisotopic (exact) mass is 304 g/mol. The van der Waals surface area contributed by atoms with E-state index in [1.54, 1.807) is 7.11 Å². The van der Waals surface area contributed by atoms with Gasteiger partial charge in [-0.2, -0.15) is 0 Å². The summed E-state index contributed by atoms with van der Waals surface area (Å²) in [5.74, 6) is 0.945. The fraction of sp³-hybridized carbons (Fsp3) is 0.364. The van der Waals surface area contributed by atoms with E-state index in [4.69, 9.17) is 4.74 Å². The molecule has 76 valence electrons. The highest BCUT2D eigenvalue weighted by Gasteiger charge is 2.05.